The number of esters is 1. The number of hydrogen-bond acceptors (Lipinski definition) is 3. The molecule has 0 aliphatic heterocycles. The number of carbonyl (C=O) groups excluding carboxylic acids is 1. The third-order valence-corrected chi connectivity index (χ3v) is 5.28. The molecular formula is C25H43NO2. The van der Waals surface area contributed by atoms with Crippen LogP contribution in [0.25, 0.3) is 0 Å². The first-order valence-corrected chi connectivity index (χ1v) is 11.6. The molecule has 0 saturated carbocycles. The van der Waals surface area contributed by atoms with Crippen LogP contribution < -0.4 is 5.73 Å². The van der Waals surface area contributed by atoms with E-state index in [4.69, 9.17) is 10.5 Å². The standard InChI is InChI=1S/C25H43NO2/c1-22(2)17-14-12-10-8-6-4-3-5-7-9-11-13-15-20-28-25(27)23-18-16-19-24(26)21-23/h16,18-19,21-22H,3-15,17,20,26H2,1-2H3. The quantitative estimate of drug-likeness (QED) is 0.170. The Bertz CT molecular complexity index is 513. The summed E-state index contributed by atoms with van der Waals surface area (Å²) in [6.07, 6.45) is 18.6. The number of nitrogens with two attached hydrogens (primary N) is 1. The molecule has 0 unspecified atom stereocenters. The minimum Gasteiger partial charge on any atom is -0.462 e. The van der Waals surface area contributed by atoms with Crippen molar-refractivity contribution < 1.29 is 9.53 Å². The zero-order valence-corrected chi connectivity index (χ0v) is 18.4. The molecule has 3 nitrogen and oxygen atoms in total. The Labute approximate surface area is 173 Å². The van der Waals surface area contributed by atoms with E-state index in [0.717, 1.165) is 18.8 Å². The zero-order chi connectivity index (χ0) is 20.5. The van der Waals surface area contributed by atoms with Gasteiger partial charge in [0.2, 0.25) is 0 Å². The summed E-state index contributed by atoms with van der Waals surface area (Å²) in [5.74, 6) is 0.594. The first-order valence-electron chi connectivity index (χ1n) is 11.6. The smallest absolute Gasteiger partial charge is 0.338 e. The second-order valence-corrected chi connectivity index (χ2v) is 8.54. The van der Waals surface area contributed by atoms with Gasteiger partial charge in [0, 0.05) is 5.69 Å². The van der Waals surface area contributed by atoms with Gasteiger partial charge in [-0.25, -0.2) is 4.79 Å². The number of hydrogen-bond donors (Lipinski definition) is 1. The van der Waals surface area contributed by atoms with Crippen molar-refractivity contribution in [3.63, 3.8) is 0 Å². The molecule has 160 valence electrons. The van der Waals surface area contributed by atoms with Crippen LogP contribution in [0.2, 0.25) is 0 Å². The highest BCUT2D eigenvalue weighted by atomic mass is 16.5. The fraction of sp³-hybridized carbons (Fsp3) is 0.720. The van der Waals surface area contributed by atoms with E-state index >= 15 is 0 Å². The van der Waals surface area contributed by atoms with Gasteiger partial charge in [-0.15, -0.1) is 0 Å². The van der Waals surface area contributed by atoms with Crippen molar-refractivity contribution in [3.8, 4) is 0 Å². The van der Waals surface area contributed by atoms with Crippen LogP contribution in [0.3, 0.4) is 0 Å². The number of nitrogen functional groups attached to an aromatic ring is 1. The Hall–Kier alpha value is -1.51. The lowest BCUT2D eigenvalue weighted by atomic mass is 10.0. The fourth-order valence-electron chi connectivity index (χ4n) is 3.51. The topological polar surface area (TPSA) is 52.3 Å². The van der Waals surface area contributed by atoms with E-state index in [9.17, 15) is 4.79 Å². The third-order valence-electron chi connectivity index (χ3n) is 5.28. The van der Waals surface area contributed by atoms with Gasteiger partial charge in [-0.05, 0) is 30.5 Å². The molecule has 0 heterocycles. The van der Waals surface area contributed by atoms with Gasteiger partial charge >= 0.3 is 5.97 Å². The largest absolute Gasteiger partial charge is 0.462 e. The first kappa shape index (κ1) is 24.5. The highest BCUT2D eigenvalue weighted by Gasteiger charge is 2.06. The number of carbonyl (C=O) groups is 1. The second-order valence-electron chi connectivity index (χ2n) is 8.54. The van der Waals surface area contributed by atoms with Gasteiger partial charge in [0.1, 0.15) is 0 Å². The summed E-state index contributed by atoms with van der Waals surface area (Å²) >= 11 is 0. The Morgan fingerprint density at radius 1 is 0.821 bits per heavy atom. The SMILES string of the molecule is CC(C)CCCCCCCCCCCCCCCOC(=O)c1cccc(N)c1. The van der Waals surface area contributed by atoms with Crippen molar-refractivity contribution in [1.82, 2.24) is 0 Å². The number of ether oxygens (including phenoxy) is 1. The molecule has 0 fully saturated rings. The molecule has 28 heavy (non-hydrogen) atoms. The molecule has 0 aliphatic carbocycles. The average Bonchev–Trinajstić information content (AvgIpc) is 2.67. The predicted molar refractivity (Wildman–Crippen MR) is 121 cm³/mol. The van der Waals surface area contributed by atoms with Crippen LogP contribution in [0.5, 0.6) is 0 Å². The van der Waals surface area contributed by atoms with Crippen molar-refractivity contribution in [3.05, 3.63) is 29.8 Å². The van der Waals surface area contributed by atoms with E-state index in [-0.39, 0.29) is 5.97 Å². The lowest BCUT2D eigenvalue weighted by molar-refractivity contribution is 0.0497. The molecule has 1 rings (SSSR count). The number of anilines is 1. The Kier molecular flexibility index (Phi) is 14.4. The molecule has 0 radical (unpaired) electrons. The Morgan fingerprint density at radius 2 is 1.32 bits per heavy atom. The summed E-state index contributed by atoms with van der Waals surface area (Å²) in [7, 11) is 0. The minimum absolute atomic E-state index is 0.271. The fourth-order valence-corrected chi connectivity index (χ4v) is 3.51. The normalized spacial score (nSPS) is 11.1. The van der Waals surface area contributed by atoms with Crippen LogP contribution in [0.15, 0.2) is 24.3 Å². The number of unbranched alkanes of at least 4 members (excludes halogenated alkanes) is 12. The molecule has 0 bridgehead atoms. The molecule has 1 aromatic carbocycles. The van der Waals surface area contributed by atoms with E-state index in [1.54, 1.807) is 24.3 Å². The summed E-state index contributed by atoms with van der Waals surface area (Å²) in [4.78, 5) is 11.9. The summed E-state index contributed by atoms with van der Waals surface area (Å²) < 4.78 is 5.31. The highest BCUT2D eigenvalue weighted by molar-refractivity contribution is 5.90. The van der Waals surface area contributed by atoms with Gasteiger partial charge < -0.3 is 10.5 Å². The molecule has 0 aromatic heterocycles. The van der Waals surface area contributed by atoms with E-state index in [0.29, 0.717) is 17.9 Å². The van der Waals surface area contributed by atoms with Crippen molar-refractivity contribution in [1.29, 1.82) is 0 Å². The monoisotopic (exact) mass is 389 g/mol. The molecule has 0 saturated heterocycles. The van der Waals surface area contributed by atoms with Crippen LogP contribution in [0.1, 0.15) is 114 Å². The van der Waals surface area contributed by atoms with Crippen molar-refractivity contribution in [2.24, 2.45) is 5.92 Å². The predicted octanol–water partition coefficient (Wildman–Crippen LogP) is 7.54. The van der Waals surface area contributed by atoms with Crippen LogP contribution in [-0.2, 0) is 4.74 Å². The number of benzene rings is 1. The lowest BCUT2D eigenvalue weighted by Gasteiger charge is -2.06. The molecule has 0 spiro atoms. The molecule has 0 amide bonds. The Balaban J connectivity index is 1.80. The van der Waals surface area contributed by atoms with E-state index in [2.05, 4.69) is 13.8 Å². The van der Waals surface area contributed by atoms with Crippen molar-refractivity contribution in [2.75, 3.05) is 12.3 Å². The molecule has 0 aliphatic rings. The third kappa shape index (κ3) is 13.6. The maximum Gasteiger partial charge on any atom is 0.338 e. The van der Waals surface area contributed by atoms with Gasteiger partial charge in [0.15, 0.2) is 0 Å². The van der Waals surface area contributed by atoms with Crippen LogP contribution in [0.4, 0.5) is 5.69 Å². The second kappa shape index (κ2) is 16.4. The number of rotatable bonds is 17. The molecular weight excluding hydrogens is 346 g/mol. The van der Waals surface area contributed by atoms with Crippen LogP contribution >= 0.6 is 0 Å². The summed E-state index contributed by atoms with van der Waals surface area (Å²) in [5, 5.41) is 0. The van der Waals surface area contributed by atoms with E-state index in [1.165, 1.54) is 77.0 Å². The zero-order valence-electron chi connectivity index (χ0n) is 18.4. The molecule has 0 atom stereocenters. The maximum atomic E-state index is 11.9. The molecule has 3 heteroatoms. The van der Waals surface area contributed by atoms with Gasteiger partial charge in [0.25, 0.3) is 0 Å². The van der Waals surface area contributed by atoms with Gasteiger partial charge in [-0.2, -0.15) is 0 Å². The van der Waals surface area contributed by atoms with Gasteiger partial charge in [-0.3, -0.25) is 0 Å². The lowest BCUT2D eigenvalue weighted by Crippen LogP contribution is -2.06. The summed E-state index contributed by atoms with van der Waals surface area (Å²) in [5.41, 5.74) is 6.81. The summed E-state index contributed by atoms with van der Waals surface area (Å²) in [6, 6.07) is 6.95. The van der Waals surface area contributed by atoms with Gasteiger partial charge in [0.05, 0.1) is 12.2 Å². The Morgan fingerprint density at radius 3 is 1.82 bits per heavy atom. The average molecular weight is 390 g/mol. The van der Waals surface area contributed by atoms with Crippen molar-refractivity contribution >= 4 is 11.7 Å². The minimum atomic E-state index is -0.271. The van der Waals surface area contributed by atoms with E-state index < -0.39 is 0 Å². The summed E-state index contributed by atoms with van der Waals surface area (Å²) in [6.45, 7) is 5.14. The maximum absolute atomic E-state index is 11.9. The van der Waals surface area contributed by atoms with Crippen molar-refractivity contribution in [2.45, 2.75) is 104 Å². The van der Waals surface area contributed by atoms with Crippen LogP contribution in [-0.4, -0.2) is 12.6 Å². The first-order chi connectivity index (χ1) is 13.6. The van der Waals surface area contributed by atoms with E-state index in [1.807, 2.05) is 0 Å². The van der Waals surface area contributed by atoms with Crippen LogP contribution in [0, 0.1) is 5.92 Å². The molecule has 1 aromatic rings. The van der Waals surface area contributed by atoms with Gasteiger partial charge in [-0.1, -0.05) is 103 Å². The molecule has 2 N–H and O–H groups in total. The highest BCUT2D eigenvalue weighted by Crippen LogP contribution is 2.14.